The molecule has 0 bridgehead atoms. The Hall–Kier alpha value is -1.26. The predicted molar refractivity (Wildman–Crippen MR) is 58.6 cm³/mol. The summed E-state index contributed by atoms with van der Waals surface area (Å²) >= 11 is 0. The molecule has 1 aliphatic carbocycles. The molecule has 0 spiro atoms. The van der Waals surface area contributed by atoms with Gasteiger partial charge in [-0.1, -0.05) is 36.3 Å². The highest BCUT2D eigenvalue weighted by molar-refractivity contribution is 5.22. The first kappa shape index (κ1) is 9.30. The summed E-state index contributed by atoms with van der Waals surface area (Å²) in [4.78, 5) is 0. The molecule has 1 fully saturated rings. The van der Waals surface area contributed by atoms with Gasteiger partial charge in [0.1, 0.15) is 0 Å². The minimum atomic E-state index is -0.306. The largest absolute Gasteiger partial charge is 0.315 e. The van der Waals surface area contributed by atoms with Crippen LogP contribution in [0.2, 0.25) is 0 Å². The van der Waals surface area contributed by atoms with E-state index in [1.807, 2.05) is 6.07 Å². The third-order valence-corrected chi connectivity index (χ3v) is 2.96. The van der Waals surface area contributed by atoms with Gasteiger partial charge in [0.15, 0.2) is 0 Å². The molecule has 1 heteroatoms. The van der Waals surface area contributed by atoms with Gasteiger partial charge in [-0.05, 0) is 30.7 Å². The lowest BCUT2D eigenvalue weighted by Gasteiger charge is -2.41. The molecule has 0 amide bonds. The van der Waals surface area contributed by atoms with Gasteiger partial charge < -0.3 is 5.73 Å². The van der Waals surface area contributed by atoms with Crippen LogP contribution in [0.4, 0.5) is 0 Å². The van der Waals surface area contributed by atoms with Crippen LogP contribution in [0, 0.1) is 18.3 Å². The van der Waals surface area contributed by atoms with Crippen LogP contribution >= 0.6 is 0 Å². The molecule has 14 heavy (non-hydrogen) atoms. The van der Waals surface area contributed by atoms with Gasteiger partial charge in [0.2, 0.25) is 0 Å². The third kappa shape index (κ3) is 1.81. The van der Waals surface area contributed by atoms with Crippen LogP contribution in [0.15, 0.2) is 30.3 Å². The van der Waals surface area contributed by atoms with E-state index < -0.39 is 0 Å². The Kier molecular flexibility index (Phi) is 2.31. The minimum Gasteiger partial charge on any atom is -0.315 e. The van der Waals surface area contributed by atoms with Crippen LogP contribution in [0.25, 0.3) is 0 Å². The number of benzene rings is 1. The summed E-state index contributed by atoms with van der Waals surface area (Å²) < 4.78 is 0. The van der Waals surface area contributed by atoms with Gasteiger partial charge in [-0.2, -0.15) is 0 Å². The average molecular weight is 185 g/mol. The lowest BCUT2D eigenvalue weighted by Crippen LogP contribution is -2.51. The molecule has 72 valence electrons. The summed E-state index contributed by atoms with van der Waals surface area (Å²) in [6, 6.07) is 10.5. The fourth-order valence-electron chi connectivity index (χ4n) is 2.18. The molecule has 0 aliphatic heterocycles. The predicted octanol–water partition coefficient (Wildman–Crippen LogP) is 1.97. The van der Waals surface area contributed by atoms with Crippen LogP contribution in [-0.2, 0) is 6.42 Å². The van der Waals surface area contributed by atoms with Crippen LogP contribution in [0.3, 0.4) is 0 Å². The summed E-state index contributed by atoms with van der Waals surface area (Å²) in [5, 5.41) is 0. The molecule has 0 saturated heterocycles. The molecule has 2 rings (SSSR count). The standard InChI is InChI=1S/C13H15N/c1-2-13(14)9-12(10-13)8-11-6-4-3-5-7-11/h1,3-7,12H,8-10,14H2. The van der Waals surface area contributed by atoms with Crippen molar-refractivity contribution >= 4 is 0 Å². The topological polar surface area (TPSA) is 26.0 Å². The maximum Gasteiger partial charge on any atom is 0.0778 e. The number of hydrogen-bond acceptors (Lipinski definition) is 1. The summed E-state index contributed by atoms with van der Waals surface area (Å²) in [5.74, 6) is 3.35. The van der Waals surface area contributed by atoms with Crippen molar-refractivity contribution in [2.75, 3.05) is 0 Å². The molecule has 2 N–H and O–H groups in total. The van der Waals surface area contributed by atoms with Crippen molar-refractivity contribution in [3.8, 4) is 12.3 Å². The van der Waals surface area contributed by atoms with E-state index in [2.05, 4.69) is 30.2 Å². The first-order chi connectivity index (χ1) is 6.72. The van der Waals surface area contributed by atoms with Gasteiger partial charge in [-0.25, -0.2) is 0 Å². The van der Waals surface area contributed by atoms with Gasteiger partial charge in [0, 0.05) is 0 Å². The van der Waals surface area contributed by atoms with Crippen molar-refractivity contribution in [1.82, 2.24) is 0 Å². The van der Waals surface area contributed by atoms with E-state index in [0.29, 0.717) is 5.92 Å². The molecule has 0 atom stereocenters. The van der Waals surface area contributed by atoms with Crippen LogP contribution in [-0.4, -0.2) is 5.54 Å². The van der Waals surface area contributed by atoms with E-state index in [0.717, 1.165) is 19.3 Å². The van der Waals surface area contributed by atoms with E-state index >= 15 is 0 Å². The molecular weight excluding hydrogens is 170 g/mol. The summed E-state index contributed by atoms with van der Waals surface area (Å²) in [5.41, 5.74) is 6.99. The molecule has 1 aromatic rings. The SMILES string of the molecule is C#CC1(N)CC(Cc2ccccc2)C1. The van der Waals surface area contributed by atoms with Crippen molar-refractivity contribution in [3.63, 3.8) is 0 Å². The first-order valence-electron chi connectivity index (χ1n) is 5.02. The average Bonchev–Trinajstić information content (AvgIpc) is 2.17. The van der Waals surface area contributed by atoms with Crippen LogP contribution < -0.4 is 5.73 Å². The van der Waals surface area contributed by atoms with Crippen molar-refractivity contribution < 1.29 is 0 Å². The van der Waals surface area contributed by atoms with E-state index in [9.17, 15) is 0 Å². The molecule has 0 aromatic heterocycles. The fourth-order valence-corrected chi connectivity index (χ4v) is 2.18. The molecule has 0 radical (unpaired) electrons. The number of rotatable bonds is 2. The summed E-state index contributed by atoms with van der Waals surface area (Å²) in [7, 11) is 0. The van der Waals surface area contributed by atoms with E-state index in [-0.39, 0.29) is 5.54 Å². The van der Waals surface area contributed by atoms with Gasteiger partial charge in [-0.3, -0.25) is 0 Å². The molecule has 1 aliphatic rings. The molecule has 1 nitrogen and oxygen atoms in total. The van der Waals surface area contributed by atoms with Crippen LogP contribution in [0.5, 0.6) is 0 Å². The molecular formula is C13H15N. The Morgan fingerprint density at radius 3 is 2.57 bits per heavy atom. The Morgan fingerprint density at radius 1 is 1.36 bits per heavy atom. The highest BCUT2D eigenvalue weighted by atomic mass is 14.8. The van der Waals surface area contributed by atoms with Gasteiger partial charge in [-0.15, -0.1) is 6.42 Å². The zero-order valence-electron chi connectivity index (χ0n) is 8.24. The monoisotopic (exact) mass is 185 g/mol. The second-order valence-corrected chi connectivity index (χ2v) is 4.26. The van der Waals surface area contributed by atoms with E-state index in [1.165, 1.54) is 5.56 Å². The van der Waals surface area contributed by atoms with E-state index in [1.54, 1.807) is 0 Å². The second-order valence-electron chi connectivity index (χ2n) is 4.26. The lowest BCUT2D eigenvalue weighted by atomic mass is 9.67. The van der Waals surface area contributed by atoms with Crippen LogP contribution in [0.1, 0.15) is 18.4 Å². The Balaban J connectivity index is 1.89. The zero-order valence-corrected chi connectivity index (χ0v) is 8.24. The third-order valence-electron chi connectivity index (χ3n) is 2.96. The van der Waals surface area contributed by atoms with Gasteiger partial charge >= 0.3 is 0 Å². The minimum absolute atomic E-state index is 0.306. The Morgan fingerprint density at radius 2 is 2.00 bits per heavy atom. The number of nitrogens with two attached hydrogens (primary N) is 1. The summed E-state index contributed by atoms with van der Waals surface area (Å²) in [6.07, 6.45) is 8.40. The Labute approximate surface area is 85.3 Å². The maximum atomic E-state index is 5.91. The normalized spacial score (nSPS) is 30.4. The molecule has 0 unspecified atom stereocenters. The summed E-state index contributed by atoms with van der Waals surface area (Å²) in [6.45, 7) is 0. The van der Waals surface area contributed by atoms with Crippen molar-refractivity contribution in [1.29, 1.82) is 0 Å². The number of hydrogen-bond donors (Lipinski definition) is 1. The highest BCUT2D eigenvalue weighted by Crippen LogP contribution is 2.37. The zero-order chi connectivity index (χ0) is 10.0. The van der Waals surface area contributed by atoms with Gasteiger partial charge in [0.25, 0.3) is 0 Å². The number of terminal acetylenes is 1. The second kappa shape index (κ2) is 3.48. The van der Waals surface area contributed by atoms with Crippen molar-refractivity contribution in [2.24, 2.45) is 11.7 Å². The van der Waals surface area contributed by atoms with Crippen molar-refractivity contribution in [2.45, 2.75) is 24.8 Å². The lowest BCUT2D eigenvalue weighted by molar-refractivity contribution is 0.204. The molecule has 1 saturated carbocycles. The highest BCUT2D eigenvalue weighted by Gasteiger charge is 2.38. The quantitative estimate of drug-likeness (QED) is 0.700. The fraction of sp³-hybridized carbons (Fsp3) is 0.385. The molecule has 0 heterocycles. The first-order valence-corrected chi connectivity index (χ1v) is 5.02. The maximum absolute atomic E-state index is 5.91. The Bertz CT molecular complexity index is 341. The van der Waals surface area contributed by atoms with Gasteiger partial charge in [0.05, 0.1) is 5.54 Å². The van der Waals surface area contributed by atoms with E-state index in [4.69, 9.17) is 12.2 Å². The van der Waals surface area contributed by atoms with Crippen molar-refractivity contribution in [3.05, 3.63) is 35.9 Å². The molecule has 1 aromatic carbocycles. The smallest absolute Gasteiger partial charge is 0.0778 e.